The van der Waals surface area contributed by atoms with E-state index < -0.39 is 5.82 Å². The molecule has 0 radical (unpaired) electrons. The van der Waals surface area contributed by atoms with Gasteiger partial charge in [-0.25, -0.2) is 14.1 Å². The zero-order chi connectivity index (χ0) is 23.7. The van der Waals surface area contributed by atoms with E-state index in [-0.39, 0.29) is 5.02 Å². The third kappa shape index (κ3) is 4.52. The van der Waals surface area contributed by atoms with Crippen LogP contribution in [-0.2, 0) is 4.74 Å². The molecule has 0 spiro atoms. The van der Waals surface area contributed by atoms with E-state index in [0.717, 1.165) is 32.8 Å². The number of hydrogen-bond donors (Lipinski definition) is 2. The molecule has 2 aromatic heterocycles. The molecule has 0 atom stereocenters. The molecule has 11 heteroatoms. The first kappa shape index (κ1) is 22.8. The SMILES string of the molecule is Nc1c2c(-c3ccc(F)c(Cl)c3)nc(NCCN3CCOCC3)nc2nn1-c1ccccc1Cl. The Morgan fingerprint density at radius 1 is 1.06 bits per heavy atom. The molecule has 0 unspecified atom stereocenters. The third-order valence-corrected chi connectivity index (χ3v) is 6.27. The van der Waals surface area contributed by atoms with Crippen molar-refractivity contribution in [2.75, 3.05) is 50.4 Å². The lowest BCUT2D eigenvalue weighted by atomic mass is 10.1. The molecule has 176 valence electrons. The molecule has 4 aromatic rings. The van der Waals surface area contributed by atoms with Gasteiger partial charge in [0.05, 0.1) is 40.0 Å². The second-order valence-electron chi connectivity index (χ2n) is 7.85. The molecule has 1 aliphatic heterocycles. The van der Waals surface area contributed by atoms with Gasteiger partial charge in [-0.1, -0.05) is 35.3 Å². The van der Waals surface area contributed by atoms with Crippen LogP contribution in [0.4, 0.5) is 16.2 Å². The predicted octanol–water partition coefficient (Wildman–Crippen LogP) is 4.25. The van der Waals surface area contributed by atoms with Gasteiger partial charge in [-0.05, 0) is 30.3 Å². The highest BCUT2D eigenvalue weighted by molar-refractivity contribution is 6.32. The molecular formula is C23H22Cl2FN7O. The van der Waals surface area contributed by atoms with Crippen LogP contribution in [0.15, 0.2) is 42.5 Å². The van der Waals surface area contributed by atoms with Crippen LogP contribution in [0, 0.1) is 5.82 Å². The van der Waals surface area contributed by atoms with Crippen LogP contribution in [0.5, 0.6) is 0 Å². The molecule has 8 nitrogen and oxygen atoms in total. The Labute approximate surface area is 205 Å². The van der Waals surface area contributed by atoms with Crippen molar-refractivity contribution < 1.29 is 9.13 Å². The van der Waals surface area contributed by atoms with E-state index in [9.17, 15) is 4.39 Å². The third-order valence-electron chi connectivity index (χ3n) is 5.66. The van der Waals surface area contributed by atoms with Gasteiger partial charge >= 0.3 is 0 Å². The first-order chi connectivity index (χ1) is 16.5. The summed E-state index contributed by atoms with van der Waals surface area (Å²) < 4.78 is 20.8. The number of morpholine rings is 1. The fourth-order valence-electron chi connectivity index (χ4n) is 3.90. The molecule has 3 heterocycles. The Morgan fingerprint density at radius 2 is 1.85 bits per heavy atom. The van der Waals surface area contributed by atoms with E-state index in [2.05, 4.69) is 20.3 Å². The van der Waals surface area contributed by atoms with Gasteiger partial charge in [0.15, 0.2) is 5.65 Å². The maximum Gasteiger partial charge on any atom is 0.225 e. The summed E-state index contributed by atoms with van der Waals surface area (Å²) in [6.07, 6.45) is 0. The summed E-state index contributed by atoms with van der Waals surface area (Å²) in [5.74, 6) is 0.192. The van der Waals surface area contributed by atoms with Crippen molar-refractivity contribution in [1.82, 2.24) is 24.6 Å². The van der Waals surface area contributed by atoms with Gasteiger partial charge in [0.2, 0.25) is 5.95 Å². The lowest BCUT2D eigenvalue weighted by Crippen LogP contribution is -2.39. The lowest BCUT2D eigenvalue weighted by molar-refractivity contribution is 0.0398. The van der Waals surface area contributed by atoms with Gasteiger partial charge in [0.1, 0.15) is 11.6 Å². The Bertz CT molecular complexity index is 1340. The largest absolute Gasteiger partial charge is 0.383 e. The number of aromatic nitrogens is 4. The molecule has 0 amide bonds. The summed E-state index contributed by atoms with van der Waals surface area (Å²) in [5.41, 5.74) is 8.61. The lowest BCUT2D eigenvalue weighted by Gasteiger charge is -2.26. The number of nitrogens with zero attached hydrogens (tertiary/aromatic N) is 5. The number of fused-ring (bicyclic) bond motifs is 1. The van der Waals surface area contributed by atoms with Gasteiger partial charge in [0, 0.05) is 31.7 Å². The highest BCUT2D eigenvalue weighted by atomic mass is 35.5. The minimum absolute atomic E-state index is 0.0110. The van der Waals surface area contributed by atoms with E-state index in [1.165, 1.54) is 16.8 Å². The van der Waals surface area contributed by atoms with Crippen molar-refractivity contribution in [3.8, 4) is 16.9 Å². The maximum absolute atomic E-state index is 13.9. The molecule has 0 aliphatic carbocycles. The molecular weight excluding hydrogens is 480 g/mol. The summed E-state index contributed by atoms with van der Waals surface area (Å²) in [7, 11) is 0. The van der Waals surface area contributed by atoms with Crippen molar-refractivity contribution in [2.24, 2.45) is 0 Å². The van der Waals surface area contributed by atoms with Crippen LogP contribution in [-0.4, -0.2) is 64.0 Å². The summed E-state index contributed by atoms with van der Waals surface area (Å²) in [6, 6.07) is 11.7. The van der Waals surface area contributed by atoms with Crippen LogP contribution >= 0.6 is 23.2 Å². The van der Waals surface area contributed by atoms with Crippen LogP contribution in [0.1, 0.15) is 0 Å². The Morgan fingerprint density at radius 3 is 2.62 bits per heavy atom. The van der Waals surface area contributed by atoms with E-state index in [4.69, 9.17) is 38.7 Å². The van der Waals surface area contributed by atoms with Crippen LogP contribution < -0.4 is 11.1 Å². The highest BCUT2D eigenvalue weighted by Crippen LogP contribution is 2.35. The van der Waals surface area contributed by atoms with Gasteiger partial charge in [-0.3, -0.25) is 4.90 Å². The number of para-hydroxylation sites is 1. The van der Waals surface area contributed by atoms with E-state index in [0.29, 0.717) is 51.3 Å². The van der Waals surface area contributed by atoms with Crippen molar-refractivity contribution >= 4 is 46.0 Å². The van der Waals surface area contributed by atoms with Crippen LogP contribution in [0.2, 0.25) is 10.0 Å². The maximum atomic E-state index is 13.9. The molecule has 5 rings (SSSR count). The van der Waals surface area contributed by atoms with Gasteiger partial charge in [0.25, 0.3) is 0 Å². The number of nitrogens with two attached hydrogens (primary N) is 1. The van der Waals surface area contributed by atoms with Crippen molar-refractivity contribution in [1.29, 1.82) is 0 Å². The number of benzene rings is 2. The molecule has 1 aliphatic rings. The topological polar surface area (TPSA) is 94.1 Å². The molecule has 1 fully saturated rings. The first-order valence-electron chi connectivity index (χ1n) is 10.8. The predicted molar refractivity (Wildman–Crippen MR) is 132 cm³/mol. The summed E-state index contributed by atoms with van der Waals surface area (Å²) in [4.78, 5) is 11.6. The van der Waals surface area contributed by atoms with E-state index in [1.807, 2.05) is 18.2 Å². The summed E-state index contributed by atoms with van der Waals surface area (Å²) in [5, 5.41) is 8.89. The highest BCUT2D eigenvalue weighted by Gasteiger charge is 2.21. The number of anilines is 2. The number of nitrogen functional groups attached to an aromatic ring is 1. The molecule has 0 saturated carbocycles. The molecule has 0 bridgehead atoms. The summed E-state index contributed by atoms with van der Waals surface area (Å²) in [6.45, 7) is 4.70. The number of hydrogen-bond acceptors (Lipinski definition) is 7. The molecule has 2 aromatic carbocycles. The Hall–Kier alpha value is -2.98. The number of nitrogens with one attached hydrogen (secondary N) is 1. The molecule has 1 saturated heterocycles. The summed E-state index contributed by atoms with van der Waals surface area (Å²) >= 11 is 12.5. The molecule has 34 heavy (non-hydrogen) atoms. The monoisotopic (exact) mass is 501 g/mol. The zero-order valence-electron chi connectivity index (χ0n) is 18.1. The Balaban J connectivity index is 1.57. The van der Waals surface area contributed by atoms with Crippen molar-refractivity contribution in [3.63, 3.8) is 0 Å². The quantitative estimate of drug-likeness (QED) is 0.407. The van der Waals surface area contributed by atoms with Crippen molar-refractivity contribution in [2.45, 2.75) is 0 Å². The number of ether oxygens (including phenoxy) is 1. The molecule has 3 N–H and O–H groups in total. The Kier molecular flexibility index (Phi) is 6.51. The first-order valence-corrected chi connectivity index (χ1v) is 11.6. The number of halogens is 3. The van der Waals surface area contributed by atoms with E-state index >= 15 is 0 Å². The average Bonchev–Trinajstić information content (AvgIpc) is 3.17. The normalized spacial score (nSPS) is 14.6. The van der Waals surface area contributed by atoms with E-state index in [1.54, 1.807) is 12.1 Å². The van der Waals surface area contributed by atoms with Crippen molar-refractivity contribution in [3.05, 3.63) is 58.3 Å². The fraction of sp³-hybridized carbons (Fsp3) is 0.261. The van der Waals surface area contributed by atoms with Gasteiger partial charge in [-0.15, -0.1) is 5.10 Å². The zero-order valence-corrected chi connectivity index (χ0v) is 19.7. The van der Waals surface area contributed by atoms with Crippen LogP contribution in [0.3, 0.4) is 0 Å². The second-order valence-corrected chi connectivity index (χ2v) is 8.67. The number of rotatable bonds is 6. The van der Waals surface area contributed by atoms with Gasteiger partial charge in [-0.2, -0.15) is 4.98 Å². The minimum atomic E-state index is -0.515. The second kappa shape index (κ2) is 9.71. The fourth-order valence-corrected chi connectivity index (χ4v) is 4.30. The smallest absolute Gasteiger partial charge is 0.225 e. The van der Waals surface area contributed by atoms with Crippen LogP contribution in [0.25, 0.3) is 28.0 Å². The average molecular weight is 502 g/mol. The minimum Gasteiger partial charge on any atom is -0.383 e. The standard InChI is InChI=1S/C23H22Cl2FN7O/c24-15-3-1-2-4-18(15)33-21(27)19-20(14-5-6-17(26)16(25)13-14)29-23(30-22(19)31-33)28-7-8-32-9-11-34-12-10-32/h1-6,13H,7-12,27H2,(H,28,30,31). The van der Waals surface area contributed by atoms with Gasteiger partial charge < -0.3 is 15.8 Å².